The lowest BCUT2D eigenvalue weighted by Crippen LogP contribution is -2.40. The lowest BCUT2D eigenvalue weighted by Gasteiger charge is -2.11. The molecule has 1 aromatic rings. The zero-order chi connectivity index (χ0) is 14.4. The summed E-state index contributed by atoms with van der Waals surface area (Å²) >= 11 is 0. The third kappa shape index (κ3) is 4.73. The minimum atomic E-state index is -0.627. The van der Waals surface area contributed by atoms with Crippen molar-refractivity contribution in [3.8, 4) is 0 Å². The number of benzene rings is 1. The van der Waals surface area contributed by atoms with Gasteiger partial charge in [-0.3, -0.25) is 9.59 Å². The topological polar surface area (TPSA) is 58.2 Å². The Morgan fingerprint density at radius 2 is 1.63 bits per heavy atom. The van der Waals surface area contributed by atoms with Crippen LogP contribution in [0.2, 0.25) is 0 Å². The molecule has 0 fully saturated rings. The van der Waals surface area contributed by atoms with E-state index in [0.717, 1.165) is 6.42 Å². The van der Waals surface area contributed by atoms with Gasteiger partial charge in [0.25, 0.3) is 0 Å². The Morgan fingerprint density at radius 3 is 2.11 bits per heavy atom. The Kier molecular flexibility index (Phi) is 5.55. The quantitative estimate of drug-likeness (QED) is 0.820. The summed E-state index contributed by atoms with van der Waals surface area (Å²) < 4.78 is 0. The molecule has 0 aromatic heterocycles. The molecule has 0 unspecified atom stereocenters. The zero-order valence-corrected chi connectivity index (χ0v) is 12.0. The van der Waals surface area contributed by atoms with Crippen LogP contribution in [0.4, 0.5) is 5.69 Å². The molecule has 1 atom stereocenters. The maximum atomic E-state index is 11.7. The Bertz CT molecular complexity index is 438. The van der Waals surface area contributed by atoms with E-state index in [2.05, 4.69) is 24.5 Å². The van der Waals surface area contributed by atoms with E-state index in [1.54, 1.807) is 0 Å². The van der Waals surface area contributed by atoms with Crippen molar-refractivity contribution < 1.29 is 9.59 Å². The minimum absolute atomic E-state index is 0.00145. The summed E-state index contributed by atoms with van der Waals surface area (Å²) in [5.41, 5.74) is 1.83. The Labute approximate surface area is 114 Å². The summed E-state index contributed by atoms with van der Waals surface area (Å²) in [6.07, 6.45) is 0.794. The van der Waals surface area contributed by atoms with Crippen LogP contribution in [-0.2, 0) is 9.59 Å². The first-order chi connectivity index (χ1) is 8.93. The predicted molar refractivity (Wildman–Crippen MR) is 77.1 cm³/mol. The fourth-order valence-electron chi connectivity index (χ4n) is 1.53. The molecule has 2 N–H and O–H groups in total. The van der Waals surface area contributed by atoms with Gasteiger partial charge in [0, 0.05) is 11.7 Å². The van der Waals surface area contributed by atoms with Crippen LogP contribution < -0.4 is 10.6 Å². The fraction of sp³-hybridized carbons (Fsp3) is 0.467. The van der Waals surface area contributed by atoms with Crippen molar-refractivity contribution >= 4 is 17.5 Å². The van der Waals surface area contributed by atoms with Crippen LogP contribution in [0.25, 0.3) is 0 Å². The third-order valence-corrected chi connectivity index (χ3v) is 3.03. The predicted octanol–water partition coefficient (Wildman–Crippen LogP) is 2.66. The number of hydrogen-bond acceptors (Lipinski definition) is 2. The molecule has 0 bridgehead atoms. The second-order valence-electron chi connectivity index (χ2n) is 5.01. The molecule has 0 radical (unpaired) electrons. The summed E-state index contributed by atoms with van der Waals surface area (Å²) in [6.45, 7) is 8.02. The SMILES string of the molecule is CC[C@@H](C)NC(=O)C(=O)Nc1ccc(C(C)C)cc1. The number of carbonyl (C=O) groups excluding carboxylic acids is 2. The van der Waals surface area contributed by atoms with Crippen molar-refractivity contribution in [2.24, 2.45) is 0 Å². The zero-order valence-electron chi connectivity index (χ0n) is 12.0. The molecule has 0 saturated carbocycles. The number of carbonyl (C=O) groups is 2. The molecule has 4 heteroatoms. The summed E-state index contributed by atoms with van der Waals surface area (Å²) in [5.74, 6) is -0.779. The molecule has 2 amide bonds. The standard InChI is InChI=1S/C15H22N2O2/c1-5-11(4)16-14(18)15(19)17-13-8-6-12(7-9-13)10(2)3/h6-11H,5H2,1-4H3,(H,16,18)(H,17,19)/t11-/m1/s1. The van der Waals surface area contributed by atoms with Crippen LogP contribution in [0.15, 0.2) is 24.3 Å². The van der Waals surface area contributed by atoms with Crippen LogP contribution in [-0.4, -0.2) is 17.9 Å². The van der Waals surface area contributed by atoms with Gasteiger partial charge in [0.15, 0.2) is 0 Å². The van der Waals surface area contributed by atoms with Crippen LogP contribution in [0.5, 0.6) is 0 Å². The molecule has 0 aliphatic heterocycles. The highest BCUT2D eigenvalue weighted by molar-refractivity contribution is 6.39. The average Bonchev–Trinajstić information content (AvgIpc) is 2.38. The lowest BCUT2D eigenvalue weighted by molar-refractivity contribution is -0.136. The van der Waals surface area contributed by atoms with Gasteiger partial charge in [-0.1, -0.05) is 32.9 Å². The van der Waals surface area contributed by atoms with Crippen LogP contribution in [0, 0.1) is 0 Å². The molecule has 104 valence electrons. The van der Waals surface area contributed by atoms with E-state index < -0.39 is 11.8 Å². The van der Waals surface area contributed by atoms with Gasteiger partial charge in [-0.05, 0) is 37.0 Å². The van der Waals surface area contributed by atoms with Gasteiger partial charge in [0.05, 0.1) is 0 Å². The first kappa shape index (κ1) is 15.2. The second kappa shape index (κ2) is 6.92. The highest BCUT2D eigenvalue weighted by Gasteiger charge is 2.15. The molecule has 4 nitrogen and oxygen atoms in total. The average molecular weight is 262 g/mol. The summed E-state index contributed by atoms with van der Waals surface area (Å²) in [7, 11) is 0. The van der Waals surface area contributed by atoms with Gasteiger partial charge < -0.3 is 10.6 Å². The number of hydrogen-bond donors (Lipinski definition) is 2. The molecular weight excluding hydrogens is 240 g/mol. The molecule has 0 spiro atoms. The van der Waals surface area contributed by atoms with Crippen molar-refractivity contribution in [2.75, 3.05) is 5.32 Å². The van der Waals surface area contributed by atoms with Crippen molar-refractivity contribution in [1.29, 1.82) is 0 Å². The Hall–Kier alpha value is -1.84. The van der Waals surface area contributed by atoms with Crippen molar-refractivity contribution in [3.63, 3.8) is 0 Å². The summed E-state index contributed by atoms with van der Waals surface area (Å²) in [6, 6.07) is 7.52. The number of rotatable bonds is 4. The van der Waals surface area contributed by atoms with E-state index in [9.17, 15) is 9.59 Å². The van der Waals surface area contributed by atoms with E-state index >= 15 is 0 Å². The highest BCUT2D eigenvalue weighted by atomic mass is 16.2. The van der Waals surface area contributed by atoms with Crippen LogP contribution >= 0.6 is 0 Å². The maximum Gasteiger partial charge on any atom is 0.313 e. The lowest BCUT2D eigenvalue weighted by atomic mass is 10.0. The molecule has 1 rings (SSSR count). The molecule has 19 heavy (non-hydrogen) atoms. The van der Waals surface area contributed by atoms with E-state index in [0.29, 0.717) is 11.6 Å². The first-order valence-corrected chi connectivity index (χ1v) is 6.65. The third-order valence-electron chi connectivity index (χ3n) is 3.03. The number of amides is 2. The van der Waals surface area contributed by atoms with E-state index in [1.165, 1.54) is 5.56 Å². The van der Waals surface area contributed by atoms with Gasteiger partial charge in [-0.15, -0.1) is 0 Å². The Balaban J connectivity index is 2.59. The smallest absolute Gasteiger partial charge is 0.313 e. The number of anilines is 1. The van der Waals surface area contributed by atoms with E-state index in [1.807, 2.05) is 38.1 Å². The molecule has 1 aromatic carbocycles. The molecular formula is C15H22N2O2. The normalized spacial score (nSPS) is 12.1. The van der Waals surface area contributed by atoms with Gasteiger partial charge in [0.1, 0.15) is 0 Å². The van der Waals surface area contributed by atoms with Crippen molar-refractivity contribution in [3.05, 3.63) is 29.8 Å². The van der Waals surface area contributed by atoms with Gasteiger partial charge >= 0.3 is 11.8 Å². The fourth-order valence-corrected chi connectivity index (χ4v) is 1.53. The molecule has 0 aliphatic carbocycles. The maximum absolute atomic E-state index is 11.7. The highest BCUT2D eigenvalue weighted by Crippen LogP contribution is 2.16. The van der Waals surface area contributed by atoms with Crippen LogP contribution in [0.3, 0.4) is 0 Å². The van der Waals surface area contributed by atoms with Gasteiger partial charge in [-0.2, -0.15) is 0 Å². The first-order valence-electron chi connectivity index (χ1n) is 6.65. The molecule has 0 saturated heterocycles. The van der Waals surface area contributed by atoms with E-state index in [4.69, 9.17) is 0 Å². The second-order valence-corrected chi connectivity index (χ2v) is 5.01. The summed E-state index contributed by atoms with van der Waals surface area (Å²) in [5, 5.41) is 5.21. The molecule has 0 heterocycles. The Morgan fingerprint density at radius 1 is 1.05 bits per heavy atom. The number of nitrogens with one attached hydrogen (secondary N) is 2. The van der Waals surface area contributed by atoms with Crippen molar-refractivity contribution in [1.82, 2.24) is 5.32 Å². The van der Waals surface area contributed by atoms with E-state index in [-0.39, 0.29) is 6.04 Å². The van der Waals surface area contributed by atoms with Gasteiger partial charge in [0.2, 0.25) is 0 Å². The van der Waals surface area contributed by atoms with Gasteiger partial charge in [-0.25, -0.2) is 0 Å². The van der Waals surface area contributed by atoms with Crippen molar-refractivity contribution in [2.45, 2.75) is 46.1 Å². The molecule has 0 aliphatic rings. The minimum Gasteiger partial charge on any atom is -0.345 e. The summed E-state index contributed by atoms with van der Waals surface area (Å²) in [4.78, 5) is 23.2. The van der Waals surface area contributed by atoms with Crippen LogP contribution in [0.1, 0.15) is 45.6 Å². The monoisotopic (exact) mass is 262 g/mol. The largest absolute Gasteiger partial charge is 0.345 e.